The highest BCUT2D eigenvalue weighted by Crippen LogP contribution is 2.28. The summed E-state index contributed by atoms with van der Waals surface area (Å²) in [5.74, 6) is -0.920. The Balaban J connectivity index is 1.54. The van der Waals surface area contributed by atoms with Gasteiger partial charge in [-0.05, 0) is 36.4 Å². The molecule has 4 rings (SSSR count). The normalized spacial score (nSPS) is 13.7. The zero-order valence-corrected chi connectivity index (χ0v) is 15.3. The molecule has 0 radical (unpaired) electrons. The maximum atomic E-state index is 12.5. The number of fused-ring (bicyclic) bond motifs is 1. The van der Waals surface area contributed by atoms with Crippen LogP contribution < -0.4 is 4.72 Å². The average Bonchev–Trinajstić information content (AvgIpc) is 3.23. The van der Waals surface area contributed by atoms with Crippen LogP contribution in [0.2, 0.25) is 0 Å². The van der Waals surface area contributed by atoms with Gasteiger partial charge >= 0.3 is 0 Å². The molecule has 0 fully saturated rings. The first-order valence-electron chi connectivity index (χ1n) is 7.78. The van der Waals surface area contributed by atoms with Crippen molar-refractivity contribution >= 4 is 38.9 Å². The molecule has 0 spiro atoms. The molecule has 0 aromatic carbocycles. The van der Waals surface area contributed by atoms with Gasteiger partial charge in [-0.1, -0.05) is 0 Å². The minimum Gasteiger partial charge on any atom is -0.277 e. The fraction of sp³-hybridized carbons (Fsp3) is 0.0588. The van der Waals surface area contributed by atoms with Crippen molar-refractivity contribution in [3.63, 3.8) is 0 Å². The summed E-state index contributed by atoms with van der Waals surface area (Å²) in [6.07, 6.45) is 4.39. The van der Waals surface area contributed by atoms with E-state index >= 15 is 0 Å². The van der Waals surface area contributed by atoms with Crippen LogP contribution in [-0.4, -0.2) is 35.1 Å². The molecule has 0 unspecified atom stereocenters. The molecule has 1 aliphatic heterocycles. The van der Waals surface area contributed by atoms with Gasteiger partial charge in [-0.2, -0.15) is 0 Å². The lowest BCUT2D eigenvalue weighted by Gasteiger charge is -2.11. The summed E-state index contributed by atoms with van der Waals surface area (Å²) >= 11 is 0.991. The Morgan fingerprint density at radius 1 is 1.04 bits per heavy atom. The monoisotopic (exact) mass is 400 g/mol. The van der Waals surface area contributed by atoms with Gasteiger partial charge in [0.25, 0.3) is 21.8 Å². The standard InChI is InChI=1S/C17H12N4O4S2/c22-16-13-4-2-8-19-15(13)17(23)21(16)10-12-5-6-14(26-12)27(24,25)20-11-3-1-7-18-9-11/h1-9,20H,10H2. The first-order valence-corrected chi connectivity index (χ1v) is 10.1. The molecule has 3 aromatic rings. The van der Waals surface area contributed by atoms with Gasteiger partial charge < -0.3 is 0 Å². The number of hydrogen-bond donors (Lipinski definition) is 1. The van der Waals surface area contributed by atoms with E-state index < -0.39 is 21.8 Å². The fourth-order valence-electron chi connectivity index (χ4n) is 2.63. The smallest absolute Gasteiger partial charge is 0.277 e. The topological polar surface area (TPSA) is 109 Å². The number of carbonyl (C=O) groups is 2. The van der Waals surface area contributed by atoms with Gasteiger partial charge in [0.1, 0.15) is 9.90 Å². The largest absolute Gasteiger partial charge is 0.280 e. The number of sulfonamides is 1. The molecular formula is C17H12N4O4S2. The highest BCUT2D eigenvalue weighted by Gasteiger charge is 2.36. The average molecular weight is 400 g/mol. The number of anilines is 1. The van der Waals surface area contributed by atoms with E-state index in [4.69, 9.17) is 0 Å². The van der Waals surface area contributed by atoms with E-state index in [-0.39, 0.29) is 22.0 Å². The Morgan fingerprint density at radius 2 is 1.85 bits per heavy atom. The van der Waals surface area contributed by atoms with Crippen LogP contribution >= 0.6 is 11.3 Å². The van der Waals surface area contributed by atoms with Crippen molar-refractivity contribution in [2.75, 3.05) is 4.72 Å². The van der Waals surface area contributed by atoms with Crippen molar-refractivity contribution in [2.24, 2.45) is 0 Å². The van der Waals surface area contributed by atoms with E-state index in [0.29, 0.717) is 10.6 Å². The molecule has 8 nitrogen and oxygen atoms in total. The number of rotatable bonds is 5. The van der Waals surface area contributed by atoms with E-state index in [0.717, 1.165) is 16.2 Å². The third-order valence-corrected chi connectivity index (χ3v) is 6.80. The van der Waals surface area contributed by atoms with Gasteiger partial charge in [-0.3, -0.25) is 29.2 Å². The maximum absolute atomic E-state index is 12.5. The molecule has 1 N–H and O–H groups in total. The number of amides is 2. The number of pyridine rings is 2. The van der Waals surface area contributed by atoms with Crippen LogP contribution in [0.1, 0.15) is 25.7 Å². The quantitative estimate of drug-likeness (QED) is 0.657. The molecule has 2 amide bonds. The summed E-state index contributed by atoms with van der Waals surface area (Å²) in [6.45, 7) is -0.0128. The third-order valence-electron chi connectivity index (χ3n) is 3.86. The van der Waals surface area contributed by atoms with Crippen LogP contribution in [0, 0.1) is 0 Å². The second-order valence-electron chi connectivity index (χ2n) is 5.66. The summed E-state index contributed by atoms with van der Waals surface area (Å²) in [5.41, 5.74) is 0.717. The molecule has 0 bridgehead atoms. The zero-order chi connectivity index (χ0) is 19.0. The highest BCUT2D eigenvalue weighted by molar-refractivity contribution is 7.94. The molecular weight excluding hydrogens is 388 g/mol. The molecule has 0 atom stereocenters. The number of hydrogen-bond acceptors (Lipinski definition) is 7. The van der Waals surface area contributed by atoms with E-state index in [1.54, 1.807) is 30.3 Å². The van der Waals surface area contributed by atoms with E-state index in [1.165, 1.54) is 24.7 Å². The second kappa shape index (κ2) is 6.56. The van der Waals surface area contributed by atoms with Crippen LogP contribution in [0.5, 0.6) is 0 Å². The van der Waals surface area contributed by atoms with E-state index in [2.05, 4.69) is 14.7 Å². The van der Waals surface area contributed by atoms with Crippen molar-refractivity contribution in [1.82, 2.24) is 14.9 Å². The third kappa shape index (κ3) is 3.20. The number of imide groups is 1. The first-order chi connectivity index (χ1) is 13.0. The fourth-order valence-corrected chi connectivity index (χ4v) is 5.02. The Labute approximate surface area is 158 Å². The number of nitrogens with zero attached hydrogens (tertiary/aromatic N) is 3. The lowest BCUT2D eigenvalue weighted by molar-refractivity contribution is 0.0642. The zero-order valence-electron chi connectivity index (χ0n) is 13.7. The van der Waals surface area contributed by atoms with Crippen LogP contribution in [0.3, 0.4) is 0 Å². The number of carbonyl (C=O) groups excluding carboxylic acids is 2. The van der Waals surface area contributed by atoms with Gasteiger partial charge in [0, 0.05) is 17.3 Å². The Kier molecular flexibility index (Phi) is 4.21. The van der Waals surface area contributed by atoms with Crippen molar-refractivity contribution in [3.05, 3.63) is 71.1 Å². The van der Waals surface area contributed by atoms with Gasteiger partial charge in [0.2, 0.25) is 0 Å². The number of thiophene rings is 1. The number of aromatic nitrogens is 2. The second-order valence-corrected chi connectivity index (χ2v) is 8.74. The molecule has 0 saturated heterocycles. The predicted molar refractivity (Wildman–Crippen MR) is 97.8 cm³/mol. The molecule has 27 heavy (non-hydrogen) atoms. The van der Waals surface area contributed by atoms with Gasteiger partial charge in [-0.25, -0.2) is 8.42 Å². The minimum atomic E-state index is -3.78. The van der Waals surface area contributed by atoms with Crippen LogP contribution in [0.4, 0.5) is 5.69 Å². The van der Waals surface area contributed by atoms with Crippen molar-refractivity contribution < 1.29 is 18.0 Å². The molecule has 3 aromatic heterocycles. The Bertz CT molecular complexity index is 1110. The van der Waals surface area contributed by atoms with Crippen molar-refractivity contribution in [3.8, 4) is 0 Å². The predicted octanol–water partition coefficient (Wildman–Crippen LogP) is 2.14. The van der Waals surface area contributed by atoms with Crippen LogP contribution in [0.25, 0.3) is 0 Å². The summed E-state index contributed by atoms with van der Waals surface area (Å²) in [5, 5.41) is 0. The summed E-state index contributed by atoms with van der Waals surface area (Å²) in [6, 6.07) is 9.37. The molecule has 1 aliphatic rings. The Hall–Kier alpha value is -3.11. The van der Waals surface area contributed by atoms with Crippen molar-refractivity contribution in [2.45, 2.75) is 10.8 Å². The summed E-state index contributed by atoms with van der Waals surface area (Å²) in [7, 11) is -3.78. The molecule has 0 saturated carbocycles. The first kappa shape index (κ1) is 17.3. The highest BCUT2D eigenvalue weighted by atomic mass is 32.2. The van der Waals surface area contributed by atoms with Gasteiger partial charge in [0.05, 0.1) is 24.0 Å². The van der Waals surface area contributed by atoms with Crippen molar-refractivity contribution in [1.29, 1.82) is 0 Å². The molecule has 0 aliphatic carbocycles. The summed E-state index contributed by atoms with van der Waals surface area (Å²) < 4.78 is 27.5. The van der Waals surface area contributed by atoms with E-state index in [1.807, 2.05) is 0 Å². The molecule has 136 valence electrons. The maximum Gasteiger partial charge on any atom is 0.280 e. The number of nitrogens with one attached hydrogen (secondary N) is 1. The lowest BCUT2D eigenvalue weighted by atomic mass is 10.2. The molecule has 10 heteroatoms. The Morgan fingerprint density at radius 3 is 2.59 bits per heavy atom. The van der Waals surface area contributed by atoms with E-state index in [9.17, 15) is 18.0 Å². The van der Waals surface area contributed by atoms with Gasteiger partial charge in [0.15, 0.2) is 0 Å². The summed E-state index contributed by atoms with van der Waals surface area (Å²) in [4.78, 5) is 34.2. The minimum absolute atomic E-state index is 0.0128. The van der Waals surface area contributed by atoms with Crippen LogP contribution in [0.15, 0.2) is 59.2 Å². The van der Waals surface area contributed by atoms with Gasteiger partial charge in [-0.15, -0.1) is 11.3 Å². The van der Waals surface area contributed by atoms with Crippen LogP contribution in [-0.2, 0) is 16.6 Å². The molecule has 4 heterocycles. The lowest BCUT2D eigenvalue weighted by Crippen LogP contribution is -2.28. The SMILES string of the molecule is O=C1c2cccnc2C(=O)N1Cc1ccc(S(=O)(=O)Nc2cccnc2)s1.